The summed E-state index contributed by atoms with van der Waals surface area (Å²) in [5.74, 6) is 1.67. The van der Waals surface area contributed by atoms with Gasteiger partial charge in [0.25, 0.3) is 0 Å². The second kappa shape index (κ2) is 12.2. The SMILES string of the molecule is CC(C)c1cccc(C(C)C)c1N=C1C(=P2([C@@]3(c4ccccc4)[C@H](c4ccccc4)[Si]3=O)N(C(C)(C)C)[Si](C)(C)N2C(C)(C)C)C2CCC1C2. The molecule has 4 nitrogen and oxygen atoms in total. The maximum Gasteiger partial charge on any atom is 0.304 e. The van der Waals surface area contributed by atoms with Gasteiger partial charge >= 0.3 is 8.68 Å². The van der Waals surface area contributed by atoms with E-state index in [-0.39, 0.29) is 16.6 Å². The molecule has 2 aliphatic heterocycles. The Hall–Kier alpha value is -2.22. The van der Waals surface area contributed by atoms with Crippen molar-refractivity contribution >= 4 is 41.0 Å². The molecule has 2 aliphatic carbocycles. The lowest BCUT2D eigenvalue weighted by Crippen LogP contribution is -2.81. The fourth-order valence-corrected chi connectivity index (χ4v) is 33.9. The minimum absolute atomic E-state index is 0.00807. The second-order valence-corrected chi connectivity index (χ2v) is 28.9. The van der Waals surface area contributed by atoms with Crippen LogP contribution in [-0.2, 0) is 9.24 Å². The summed E-state index contributed by atoms with van der Waals surface area (Å²) in [7, 11) is -6.94. The summed E-state index contributed by atoms with van der Waals surface area (Å²) < 4.78 is 21.4. The van der Waals surface area contributed by atoms with Crippen LogP contribution in [0.15, 0.2) is 83.9 Å². The average Bonchev–Trinajstić information content (AvgIpc) is 3.27. The van der Waals surface area contributed by atoms with Gasteiger partial charge < -0.3 is 4.46 Å². The number of hydrogen-bond donors (Lipinski definition) is 0. The zero-order chi connectivity index (χ0) is 36.2. The van der Waals surface area contributed by atoms with Gasteiger partial charge in [0, 0.05) is 35.0 Å². The normalized spacial score (nSPS) is 28.6. The van der Waals surface area contributed by atoms with Crippen LogP contribution in [0, 0.1) is 11.8 Å². The number of aliphatic imine (C=N–C) groups is 1. The summed E-state index contributed by atoms with van der Waals surface area (Å²) in [5.41, 5.74) is 7.54. The molecule has 7 rings (SSSR count). The smallest absolute Gasteiger partial charge is 0.304 e. The summed E-state index contributed by atoms with van der Waals surface area (Å²) in [6.07, 6.45) is 3.59. The molecule has 4 fully saturated rings. The van der Waals surface area contributed by atoms with Gasteiger partial charge in [-0.3, -0.25) is 13.7 Å². The average molecular weight is 722 g/mol. The van der Waals surface area contributed by atoms with E-state index in [1.807, 2.05) is 0 Å². The molecule has 0 spiro atoms. The van der Waals surface area contributed by atoms with E-state index in [0.29, 0.717) is 23.7 Å². The highest BCUT2D eigenvalue weighted by atomic mass is 31.2. The van der Waals surface area contributed by atoms with E-state index in [1.54, 1.807) is 5.29 Å². The highest BCUT2D eigenvalue weighted by Crippen LogP contribution is 2.90. The lowest BCUT2D eigenvalue weighted by Gasteiger charge is -2.77. The van der Waals surface area contributed by atoms with Crippen molar-refractivity contribution in [2.75, 3.05) is 0 Å². The number of para-hydroxylation sites is 1. The Morgan fingerprint density at radius 3 is 1.76 bits per heavy atom. The molecule has 2 heterocycles. The molecular weight excluding hydrogens is 662 g/mol. The van der Waals surface area contributed by atoms with Gasteiger partial charge in [0.2, 0.25) is 8.40 Å². The van der Waals surface area contributed by atoms with Gasteiger partial charge in [0.1, 0.15) is 0 Å². The van der Waals surface area contributed by atoms with Gasteiger partial charge in [0.15, 0.2) is 0 Å². The molecule has 0 radical (unpaired) electrons. The van der Waals surface area contributed by atoms with E-state index in [9.17, 15) is 0 Å². The predicted octanol–water partition coefficient (Wildman–Crippen LogP) is 11.6. The zero-order valence-electron chi connectivity index (χ0n) is 32.7. The first-order valence-electron chi connectivity index (χ1n) is 19.2. The Bertz CT molecular complexity index is 1850. The number of benzene rings is 3. The summed E-state index contributed by atoms with van der Waals surface area (Å²) in [6, 6.07) is 29.0. The van der Waals surface area contributed by atoms with Crippen LogP contribution in [0.25, 0.3) is 0 Å². The molecule has 0 N–H and O–H groups in total. The Balaban J connectivity index is 1.71. The number of fused-ring (bicyclic) bond motifs is 2. The standard InChI is InChI=1S/C43H60N3OPSi2/c1-29(2)35-24-19-25-36(30(3)4)38(35)44-37-32-26-27-33(28-32)39(37)48(45(41(5,6)7)50(11,12)46(48)42(8,9)10)43(34-22-17-14-18-23-34)40(49(43)47)31-20-15-13-16-21-31/h13-25,29-30,32-33,40H,26-28H2,1-12H3/t32?,33?,40-,43+/m0/s1. The molecule has 2 saturated carbocycles. The summed E-state index contributed by atoms with van der Waals surface area (Å²) in [4.78, 5) is 6.03. The molecule has 4 atom stereocenters. The first-order valence-corrected chi connectivity index (χ1v) is 25.2. The lowest BCUT2D eigenvalue weighted by atomic mass is 9.92. The van der Waals surface area contributed by atoms with E-state index >= 15 is 4.46 Å². The molecule has 7 heteroatoms. The van der Waals surface area contributed by atoms with Crippen LogP contribution in [0.2, 0.25) is 13.1 Å². The maximum atomic E-state index is 15.8. The third kappa shape index (κ3) is 4.98. The lowest BCUT2D eigenvalue weighted by molar-refractivity contribution is 0.231. The molecular formula is C43H60N3OPSi2. The maximum absolute atomic E-state index is 15.8. The Morgan fingerprint density at radius 2 is 1.26 bits per heavy atom. The minimum atomic E-state index is -2.56. The van der Waals surface area contributed by atoms with Crippen LogP contribution >= 0.6 is 7.19 Å². The van der Waals surface area contributed by atoms with E-state index in [4.69, 9.17) is 4.99 Å². The third-order valence-corrected chi connectivity index (χ3v) is 29.4. The summed E-state index contributed by atoms with van der Waals surface area (Å²) >= 11 is 0. The number of rotatable bonds is 6. The Morgan fingerprint density at radius 1 is 0.760 bits per heavy atom. The third-order valence-electron chi connectivity index (χ3n) is 12.1. The van der Waals surface area contributed by atoms with Crippen molar-refractivity contribution in [3.8, 4) is 0 Å². The molecule has 266 valence electrons. The molecule has 0 amide bonds. The molecule has 50 heavy (non-hydrogen) atoms. The van der Waals surface area contributed by atoms with E-state index in [0.717, 1.165) is 0 Å². The van der Waals surface area contributed by atoms with Crippen molar-refractivity contribution in [1.29, 1.82) is 0 Å². The fourth-order valence-electron chi connectivity index (χ4n) is 11.1. The highest BCUT2D eigenvalue weighted by molar-refractivity contribution is 7.84. The van der Waals surface area contributed by atoms with Crippen LogP contribution in [-0.4, -0.2) is 47.8 Å². The minimum Gasteiger partial charge on any atom is -0.386 e. The quantitative estimate of drug-likeness (QED) is 0.188. The molecule has 2 bridgehead atoms. The van der Waals surface area contributed by atoms with Crippen molar-refractivity contribution < 1.29 is 4.46 Å². The van der Waals surface area contributed by atoms with Gasteiger partial charge in [-0.1, -0.05) is 107 Å². The second-order valence-electron chi connectivity index (χ2n) is 18.6. The van der Waals surface area contributed by atoms with Crippen molar-refractivity contribution in [3.05, 3.63) is 101 Å². The molecule has 2 saturated heterocycles. The highest BCUT2D eigenvalue weighted by Gasteiger charge is 2.85. The molecule has 4 aliphatic rings. The van der Waals surface area contributed by atoms with Gasteiger partial charge in [-0.05, 0) is 114 Å². The number of nitrogens with zero attached hydrogens (tertiary/aromatic N) is 3. The van der Waals surface area contributed by atoms with Gasteiger partial charge in [0.05, 0.1) is 16.2 Å². The van der Waals surface area contributed by atoms with Gasteiger partial charge in [-0.15, -0.1) is 0 Å². The fraction of sp³-hybridized carbons (Fsp3) is 0.535. The first kappa shape index (κ1) is 36.2. The van der Waals surface area contributed by atoms with Crippen molar-refractivity contribution in [3.63, 3.8) is 0 Å². The van der Waals surface area contributed by atoms with Crippen LogP contribution < -0.4 is 0 Å². The van der Waals surface area contributed by atoms with Crippen LogP contribution in [0.3, 0.4) is 0 Å². The largest absolute Gasteiger partial charge is 0.386 e. The molecule has 3 aromatic carbocycles. The van der Waals surface area contributed by atoms with E-state index in [1.165, 1.54) is 52.9 Å². The van der Waals surface area contributed by atoms with Crippen molar-refractivity contribution in [1.82, 2.24) is 8.67 Å². The summed E-state index contributed by atoms with van der Waals surface area (Å²) in [5, 5.41) is 1.61. The predicted molar refractivity (Wildman–Crippen MR) is 219 cm³/mol. The van der Waals surface area contributed by atoms with E-state index < -0.39 is 29.0 Å². The van der Waals surface area contributed by atoms with Crippen molar-refractivity contribution in [2.45, 2.75) is 135 Å². The number of hydrogen-bond acceptors (Lipinski definition) is 4. The molecule has 2 unspecified atom stereocenters. The van der Waals surface area contributed by atoms with Crippen LogP contribution in [0.1, 0.15) is 128 Å². The monoisotopic (exact) mass is 721 g/mol. The zero-order valence-corrected chi connectivity index (χ0v) is 35.6. The first-order chi connectivity index (χ1) is 23.4. The Labute approximate surface area is 305 Å². The molecule has 3 aromatic rings. The van der Waals surface area contributed by atoms with Gasteiger partial charge in [-0.25, -0.2) is 0 Å². The van der Waals surface area contributed by atoms with E-state index in [2.05, 4.69) is 170 Å². The van der Waals surface area contributed by atoms with Crippen LogP contribution in [0.4, 0.5) is 5.69 Å². The van der Waals surface area contributed by atoms with Crippen molar-refractivity contribution in [2.24, 2.45) is 16.8 Å². The summed E-state index contributed by atoms with van der Waals surface area (Å²) in [6.45, 7) is 29.1. The topological polar surface area (TPSA) is 35.9 Å². The van der Waals surface area contributed by atoms with Gasteiger partial charge in [-0.2, -0.15) is 0 Å². The Kier molecular flexibility index (Phi) is 8.80. The molecule has 0 aromatic heterocycles. The van der Waals surface area contributed by atoms with Crippen LogP contribution in [0.5, 0.6) is 0 Å².